The molecule has 0 radical (unpaired) electrons. The van der Waals surface area contributed by atoms with Gasteiger partial charge in [0.25, 0.3) is 0 Å². The van der Waals surface area contributed by atoms with Gasteiger partial charge in [-0.1, -0.05) is 0 Å². The molecule has 0 unspecified atom stereocenters. The third-order valence-corrected chi connectivity index (χ3v) is 4.83. The standard InChI is InChI=1S/C15H16N2O3S/c1-17(11-14-6-8-20-12-14)7-9-21(18,19)15-4-2-13(10-16)3-5-15/h2-6,8,12H,7,9,11H2,1H3. The molecule has 0 spiro atoms. The van der Waals surface area contributed by atoms with Crippen LogP contribution in [0.15, 0.2) is 52.2 Å². The predicted octanol–water partition coefficient (Wildman–Crippen LogP) is 2.06. The number of benzene rings is 1. The fourth-order valence-corrected chi connectivity index (χ4v) is 3.24. The van der Waals surface area contributed by atoms with E-state index in [1.54, 1.807) is 12.5 Å². The summed E-state index contributed by atoms with van der Waals surface area (Å²) in [5, 5.41) is 8.72. The van der Waals surface area contributed by atoms with E-state index in [9.17, 15) is 8.42 Å². The lowest BCUT2D eigenvalue weighted by Crippen LogP contribution is -2.25. The van der Waals surface area contributed by atoms with Crippen LogP contribution in [0, 0.1) is 11.3 Å². The van der Waals surface area contributed by atoms with Crippen molar-refractivity contribution < 1.29 is 12.8 Å². The van der Waals surface area contributed by atoms with Gasteiger partial charge < -0.3 is 9.32 Å². The molecule has 1 heterocycles. The van der Waals surface area contributed by atoms with Gasteiger partial charge in [0.15, 0.2) is 9.84 Å². The second-order valence-electron chi connectivity index (χ2n) is 4.82. The molecule has 1 aromatic heterocycles. The highest BCUT2D eigenvalue weighted by Crippen LogP contribution is 2.13. The average molecular weight is 304 g/mol. The highest BCUT2D eigenvalue weighted by molar-refractivity contribution is 7.91. The molecule has 2 rings (SSSR count). The molecule has 0 atom stereocenters. The SMILES string of the molecule is CN(CCS(=O)(=O)c1ccc(C#N)cc1)Cc1ccoc1. The largest absolute Gasteiger partial charge is 0.472 e. The number of hydrogen-bond acceptors (Lipinski definition) is 5. The van der Waals surface area contributed by atoms with Crippen LogP contribution >= 0.6 is 0 Å². The second-order valence-corrected chi connectivity index (χ2v) is 6.93. The fourth-order valence-electron chi connectivity index (χ4n) is 1.90. The number of nitriles is 1. The van der Waals surface area contributed by atoms with Crippen molar-refractivity contribution in [2.24, 2.45) is 0 Å². The Hall–Kier alpha value is -2.10. The molecule has 1 aromatic carbocycles. The van der Waals surface area contributed by atoms with Crippen molar-refractivity contribution in [1.82, 2.24) is 4.90 Å². The van der Waals surface area contributed by atoms with Crippen LogP contribution in [0.3, 0.4) is 0 Å². The highest BCUT2D eigenvalue weighted by atomic mass is 32.2. The number of hydrogen-bond donors (Lipinski definition) is 0. The summed E-state index contributed by atoms with van der Waals surface area (Å²) < 4.78 is 29.4. The van der Waals surface area contributed by atoms with E-state index in [1.807, 2.05) is 24.1 Å². The van der Waals surface area contributed by atoms with Gasteiger partial charge in [0.1, 0.15) is 0 Å². The summed E-state index contributed by atoms with van der Waals surface area (Å²) in [5.74, 6) is 0.0350. The third-order valence-electron chi connectivity index (χ3n) is 3.12. The minimum atomic E-state index is -3.33. The topological polar surface area (TPSA) is 74.3 Å². The number of rotatable bonds is 6. The Kier molecular flexibility index (Phi) is 4.78. The summed E-state index contributed by atoms with van der Waals surface area (Å²) in [6, 6.07) is 9.81. The molecular weight excluding hydrogens is 288 g/mol. The zero-order valence-electron chi connectivity index (χ0n) is 11.7. The summed E-state index contributed by atoms with van der Waals surface area (Å²) >= 11 is 0. The van der Waals surface area contributed by atoms with Crippen LogP contribution in [0.2, 0.25) is 0 Å². The van der Waals surface area contributed by atoms with Crippen molar-refractivity contribution in [3.05, 3.63) is 54.0 Å². The fraction of sp³-hybridized carbons (Fsp3) is 0.267. The maximum absolute atomic E-state index is 12.2. The maximum atomic E-state index is 12.2. The highest BCUT2D eigenvalue weighted by Gasteiger charge is 2.15. The van der Waals surface area contributed by atoms with Gasteiger partial charge in [-0.2, -0.15) is 5.26 Å². The minimum absolute atomic E-state index is 0.0350. The molecule has 0 amide bonds. The maximum Gasteiger partial charge on any atom is 0.179 e. The predicted molar refractivity (Wildman–Crippen MR) is 78.3 cm³/mol. The van der Waals surface area contributed by atoms with Crippen LogP contribution in [0.5, 0.6) is 0 Å². The molecule has 5 nitrogen and oxygen atoms in total. The molecule has 0 aliphatic carbocycles. The minimum Gasteiger partial charge on any atom is -0.472 e. The quantitative estimate of drug-likeness (QED) is 0.816. The Morgan fingerprint density at radius 1 is 1.24 bits per heavy atom. The van der Waals surface area contributed by atoms with Gasteiger partial charge in [0.2, 0.25) is 0 Å². The molecule has 0 saturated carbocycles. The first-order valence-corrected chi connectivity index (χ1v) is 8.09. The normalized spacial score (nSPS) is 11.5. The van der Waals surface area contributed by atoms with E-state index < -0.39 is 9.84 Å². The lowest BCUT2D eigenvalue weighted by Gasteiger charge is -2.15. The van der Waals surface area contributed by atoms with Crippen molar-refractivity contribution in [1.29, 1.82) is 5.26 Å². The van der Waals surface area contributed by atoms with Gasteiger partial charge in [0, 0.05) is 18.7 Å². The molecule has 6 heteroatoms. The smallest absolute Gasteiger partial charge is 0.179 e. The molecule has 0 bridgehead atoms. The first kappa shape index (κ1) is 15.3. The van der Waals surface area contributed by atoms with Crippen LogP contribution in [0.4, 0.5) is 0 Å². The van der Waals surface area contributed by atoms with Crippen molar-refractivity contribution in [3.8, 4) is 6.07 Å². The van der Waals surface area contributed by atoms with Crippen LogP contribution in [-0.4, -0.2) is 32.7 Å². The van der Waals surface area contributed by atoms with Crippen LogP contribution in [0.1, 0.15) is 11.1 Å². The second kappa shape index (κ2) is 6.57. The Labute approximate surface area is 124 Å². The molecule has 2 aromatic rings. The number of sulfone groups is 1. The summed E-state index contributed by atoms with van der Waals surface area (Å²) in [6.07, 6.45) is 3.24. The molecule has 21 heavy (non-hydrogen) atoms. The molecule has 0 saturated heterocycles. The van der Waals surface area contributed by atoms with E-state index in [0.29, 0.717) is 18.7 Å². The molecule has 110 valence electrons. The Morgan fingerprint density at radius 3 is 2.52 bits per heavy atom. The molecule has 0 fully saturated rings. The van der Waals surface area contributed by atoms with E-state index in [2.05, 4.69) is 0 Å². The van der Waals surface area contributed by atoms with Gasteiger partial charge in [-0.25, -0.2) is 8.42 Å². The Balaban J connectivity index is 1.95. The Morgan fingerprint density at radius 2 is 1.95 bits per heavy atom. The first-order valence-electron chi connectivity index (χ1n) is 6.44. The van der Waals surface area contributed by atoms with E-state index in [4.69, 9.17) is 9.68 Å². The number of furan rings is 1. The van der Waals surface area contributed by atoms with E-state index in [1.165, 1.54) is 24.3 Å². The van der Waals surface area contributed by atoms with Gasteiger partial charge in [-0.15, -0.1) is 0 Å². The van der Waals surface area contributed by atoms with E-state index >= 15 is 0 Å². The van der Waals surface area contributed by atoms with Crippen molar-refractivity contribution in [3.63, 3.8) is 0 Å². The summed E-state index contributed by atoms with van der Waals surface area (Å²) in [4.78, 5) is 2.17. The van der Waals surface area contributed by atoms with Crippen molar-refractivity contribution >= 4 is 9.84 Å². The third kappa shape index (κ3) is 4.18. The van der Waals surface area contributed by atoms with E-state index in [0.717, 1.165) is 5.56 Å². The lowest BCUT2D eigenvalue weighted by atomic mass is 10.2. The van der Waals surface area contributed by atoms with Gasteiger partial charge >= 0.3 is 0 Å². The van der Waals surface area contributed by atoms with Gasteiger partial charge in [-0.3, -0.25) is 0 Å². The van der Waals surface area contributed by atoms with Crippen LogP contribution in [0.25, 0.3) is 0 Å². The molecule has 0 aliphatic heterocycles. The van der Waals surface area contributed by atoms with Crippen molar-refractivity contribution in [2.75, 3.05) is 19.3 Å². The zero-order valence-corrected chi connectivity index (χ0v) is 12.5. The monoisotopic (exact) mass is 304 g/mol. The molecule has 0 N–H and O–H groups in total. The average Bonchev–Trinajstić information content (AvgIpc) is 2.98. The van der Waals surface area contributed by atoms with E-state index in [-0.39, 0.29) is 10.6 Å². The zero-order chi connectivity index (χ0) is 15.3. The molecule has 0 aliphatic rings. The van der Waals surface area contributed by atoms with Crippen molar-refractivity contribution in [2.45, 2.75) is 11.4 Å². The van der Waals surface area contributed by atoms with Crippen LogP contribution < -0.4 is 0 Å². The van der Waals surface area contributed by atoms with Gasteiger partial charge in [0.05, 0.1) is 34.8 Å². The summed E-state index contributed by atoms with van der Waals surface area (Å²) in [5.41, 5.74) is 1.46. The first-order chi connectivity index (χ1) is 10.0. The summed E-state index contributed by atoms with van der Waals surface area (Å²) in [6.45, 7) is 1.06. The number of nitrogens with zero attached hydrogens (tertiary/aromatic N) is 2. The van der Waals surface area contributed by atoms with Gasteiger partial charge in [-0.05, 0) is 37.4 Å². The lowest BCUT2D eigenvalue weighted by molar-refractivity contribution is 0.344. The van der Waals surface area contributed by atoms with Crippen LogP contribution in [-0.2, 0) is 16.4 Å². The summed E-state index contributed by atoms with van der Waals surface area (Å²) in [7, 11) is -1.47. The molecular formula is C15H16N2O3S. The Bertz CT molecular complexity index is 713.